The van der Waals surface area contributed by atoms with E-state index in [1.54, 1.807) is 0 Å². The van der Waals surface area contributed by atoms with Crippen LogP contribution in [-0.4, -0.2) is 73.7 Å². The lowest BCUT2D eigenvalue weighted by molar-refractivity contribution is 0.0526. The van der Waals surface area contributed by atoms with Gasteiger partial charge in [-0.1, -0.05) is 19.8 Å². The first kappa shape index (κ1) is 21.2. The van der Waals surface area contributed by atoms with E-state index in [0.29, 0.717) is 12.1 Å². The van der Waals surface area contributed by atoms with Crippen LogP contribution in [0.25, 0.3) is 0 Å². The van der Waals surface area contributed by atoms with Crippen molar-refractivity contribution in [1.29, 1.82) is 0 Å². The first-order chi connectivity index (χ1) is 11.7. The van der Waals surface area contributed by atoms with E-state index in [4.69, 9.17) is 0 Å². The zero-order valence-corrected chi connectivity index (χ0v) is 18.7. The van der Waals surface area contributed by atoms with Gasteiger partial charge < -0.3 is 15.5 Å². The summed E-state index contributed by atoms with van der Waals surface area (Å²) in [5.41, 5.74) is 0. The molecule has 0 spiro atoms. The summed E-state index contributed by atoms with van der Waals surface area (Å²) in [5.74, 6) is 1.00. The molecule has 0 saturated carbocycles. The first-order valence-electron chi connectivity index (χ1n) is 10.1. The molecule has 25 heavy (non-hydrogen) atoms. The van der Waals surface area contributed by atoms with Crippen molar-refractivity contribution >= 4 is 29.9 Å². The van der Waals surface area contributed by atoms with Crippen LogP contribution < -0.4 is 10.6 Å². The number of guanidine groups is 1. The van der Waals surface area contributed by atoms with Crippen LogP contribution in [0.5, 0.6) is 0 Å². The van der Waals surface area contributed by atoms with Crippen LogP contribution in [0, 0.1) is 0 Å². The summed E-state index contributed by atoms with van der Waals surface area (Å²) in [4.78, 5) is 9.73. The molecule has 3 rings (SSSR count). The predicted molar refractivity (Wildman–Crippen MR) is 117 cm³/mol. The van der Waals surface area contributed by atoms with E-state index in [1.807, 2.05) is 7.05 Å². The van der Waals surface area contributed by atoms with Crippen molar-refractivity contribution < 1.29 is 0 Å². The normalized spacial score (nSPS) is 34.3. The van der Waals surface area contributed by atoms with Crippen molar-refractivity contribution in [2.45, 2.75) is 82.5 Å². The highest BCUT2D eigenvalue weighted by Crippen LogP contribution is 2.32. The molecule has 2 bridgehead atoms. The molecule has 6 heteroatoms. The maximum absolute atomic E-state index is 4.49. The molecule has 3 aliphatic rings. The minimum absolute atomic E-state index is 0. The van der Waals surface area contributed by atoms with Gasteiger partial charge in [0, 0.05) is 37.8 Å². The molecular weight excluding hydrogens is 425 g/mol. The lowest BCUT2D eigenvalue weighted by atomic mass is 9.82. The average Bonchev–Trinajstić information content (AvgIpc) is 2.59. The van der Waals surface area contributed by atoms with Gasteiger partial charge in [-0.2, -0.15) is 0 Å². The van der Waals surface area contributed by atoms with Crippen LogP contribution in [0.4, 0.5) is 0 Å². The summed E-state index contributed by atoms with van der Waals surface area (Å²) in [6.45, 7) is 5.72. The van der Waals surface area contributed by atoms with E-state index in [0.717, 1.165) is 31.1 Å². The Morgan fingerprint density at radius 1 is 1.08 bits per heavy atom. The molecule has 3 saturated heterocycles. The summed E-state index contributed by atoms with van der Waals surface area (Å²) < 4.78 is 0. The topological polar surface area (TPSA) is 42.9 Å². The molecule has 2 N–H and O–H groups in total. The maximum Gasteiger partial charge on any atom is 0.191 e. The highest BCUT2D eigenvalue weighted by molar-refractivity contribution is 14.0. The Labute approximate surface area is 171 Å². The van der Waals surface area contributed by atoms with Gasteiger partial charge >= 0.3 is 0 Å². The summed E-state index contributed by atoms with van der Waals surface area (Å²) in [6, 6.07) is 2.78. The van der Waals surface area contributed by atoms with Crippen LogP contribution in [-0.2, 0) is 0 Å². The molecule has 5 nitrogen and oxygen atoms in total. The van der Waals surface area contributed by atoms with Crippen LogP contribution >= 0.6 is 24.0 Å². The van der Waals surface area contributed by atoms with Crippen molar-refractivity contribution in [2.24, 2.45) is 4.99 Å². The Hall–Kier alpha value is -0.0800. The van der Waals surface area contributed by atoms with Crippen molar-refractivity contribution in [2.75, 3.05) is 33.7 Å². The molecule has 146 valence electrons. The molecular formula is C19H38IN5. The Balaban J connectivity index is 0.00000225. The summed E-state index contributed by atoms with van der Waals surface area (Å²) >= 11 is 0. The number of halogens is 1. The van der Waals surface area contributed by atoms with Gasteiger partial charge in [0.2, 0.25) is 0 Å². The standard InChI is InChI=1S/C19H37N5.HI/c1-4-24-11-6-5-8-18(24)14-21-19(20-2)22-15-12-16-9-7-10-17(13-15)23(16)3;/h15-18H,4-14H2,1-3H3,(H2,20,21,22);1H. The molecule has 0 radical (unpaired) electrons. The van der Waals surface area contributed by atoms with Crippen LogP contribution in [0.15, 0.2) is 4.99 Å². The quantitative estimate of drug-likeness (QED) is 0.382. The number of fused-ring (bicyclic) bond motifs is 2. The zero-order valence-electron chi connectivity index (χ0n) is 16.3. The Bertz CT molecular complexity index is 416. The van der Waals surface area contributed by atoms with Crippen molar-refractivity contribution in [3.8, 4) is 0 Å². The molecule has 0 aromatic rings. The van der Waals surface area contributed by atoms with E-state index in [-0.39, 0.29) is 24.0 Å². The summed E-state index contributed by atoms with van der Waals surface area (Å²) in [5, 5.41) is 7.33. The molecule has 0 aromatic heterocycles. The van der Waals surface area contributed by atoms with E-state index >= 15 is 0 Å². The first-order valence-corrected chi connectivity index (χ1v) is 10.1. The Kier molecular flexibility index (Phi) is 8.75. The summed E-state index contributed by atoms with van der Waals surface area (Å²) in [7, 11) is 4.23. The van der Waals surface area contributed by atoms with E-state index in [9.17, 15) is 0 Å². The van der Waals surface area contributed by atoms with Crippen LogP contribution in [0.2, 0.25) is 0 Å². The molecule has 3 aliphatic heterocycles. The second kappa shape index (κ2) is 10.3. The van der Waals surface area contributed by atoms with Gasteiger partial charge in [0.05, 0.1) is 0 Å². The highest BCUT2D eigenvalue weighted by atomic mass is 127. The molecule has 0 amide bonds. The second-order valence-electron chi connectivity index (χ2n) is 7.95. The van der Waals surface area contributed by atoms with Crippen molar-refractivity contribution in [1.82, 2.24) is 20.4 Å². The minimum atomic E-state index is 0. The Morgan fingerprint density at radius 3 is 2.44 bits per heavy atom. The lowest BCUT2D eigenvalue weighted by Crippen LogP contribution is -2.57. The molecule has 0 aromatic carbocycles. The van der Waals surface area contributed by atoms with Gasteiger partial charge in [-0.15, -0.1) is 24.0 Å². The predicted octanol–water partition coefficient (Wildman–Crippen LogP) is 2.66. The smallest absolute Gasteiger partial charge is 0.191 e. The molecule has 3 fully saturated rings. The van der Waals surface area contributed by atoms with Gasteiger partial charge in [-0.25, -0.2) is 0 Å². The number of likely N-dealkylation sites (N-methyl/N-ethyl adjacent to an activating group) is 1. The van der Waals surface area contributed by atoms with Gasteiger partial charge in [0.1, 0.15) is 0 Å². The van der Waals surface area contributed by atoms with Gasteiger partial charge in [0.25, 0.3) is 0 Å². The highest BCUT2D eigenvalue weighted by Gasteiger charge is 2.36. The van der Waals surface area contributed by atoms with Crippen LogP contribution in [0.3, 0.4) is 0 Å². The van der Waals surface area contributed by atoms with Gasteiger partial charge in [0.15, 0.2) is 5.96 Å². The number of nitrogens with zero attached hydrogens (tertiary/aromatic N) is 3. The van der Waals surface area contributed by atoms with Crippen LogP contribution in [0.1, 0.15) is 58.3 Å². The fourth-order valence-corrected chi connectivity index (χ4v) is 5.04. The van der Waals surface area contributed by atoms with Crippen molar-refractivity contribution in [3.63, 3.8) is 0 Å². The molecule has 3 unspecified atom stereocenters. The molecule has 3 heterocycles. The number of piperidine rings is 3. The zero-order chi connectivity index (χ0) is 16.9. The third-order valence-electron chi connectivity index (χ3n) is 6.56. The number of aliphatic imine (C=N–C) groups is 1. The maximum atomic E-state index is 4.49. The lowest BCUT2D eigenvalue weighted by Gasteiger charge is -2.47. The number of nitrogens with one attached hydrogen (secondary N) is 2. The fourth-order valence-electron chi connectivity index (χ4n) is 5.04. The van der Waals surface area contributed by atoms with E-state index in [2.05, 4.69) is 39.4 Å². The van der Waals surface area contributed by atoms with Gasteiger partial charge in [-0.05, 0) is 58.7 Å². The minimum Gasteiger partial charge on any atom is -0.355 e. The largest absolute Gasteiger partial charge is 0.355 e. The number of hydrogen-bond donors (Lipinski definition) is 2. The fraction of sp³-hybridized carbons (Fsp3) is 0.947. The van der Waals surface area contributed by atoms with E-state index in [1.165, 1.54) is 57.9 Å². The average molecular weight is 463 g/mol. The van der Waals surface area contributed by atoms with Crippen molar-refractivity contribution in [3.05, 3.63) is 0 Å². The third kappa shape index (κ3) is 5.45. The van der Waals surface area contributed by atoms with E-state index < -0.39 is 0 Å². The number of hydrogen-bond acceptors (Lipinski definition) is 3. The number of likely N-dealkylation sites (tertiary alicyclic amines) is 1. The number of rotatable bonds is 4. The summed E-state index contributed by atoms with van der Waals surface area (Å²) in [6.07, 6.45) is 10.7. The molecule has 3 atom stereocenters. The Morgan fingerprint density at radius 2 is 1.80 bits per heavy atom. The molecule has 0 aliphatic carbocycles. The second-order valence-corrected chi connectivity index (χ2v) is 7.95. The van der Waals surface area contributed by atoms with Gasteiger partial charge in [-0.3, -0.25) is 9.89 Å². The third-order valence-corrected chi connectivity index (χ3v) is 6.56. The SMILES string of the molecule is CCN1CCCCC1CNC(=NC)NC1CC2CCCC(C1)N2C.I. The monoisotopic (exact) mass is 463 g/mol.